The average Bonchev–Trinajstić information content (AvgIpc) is 1.53. The standard InChI is InChI=1S/C6H13NO3S/c1-6(2,3-5(7)8)4-11(9)10/h3-4H2,1-2H3,(H2,7,8)(H,9,10)/p-1. The van der Waals surface area contributed by atoms with Gasteiger partial charge in [0.2, 0.25) is 5.91 Å². The Morgan fingerprint density at radius 2 is 2.09 bits per heavy atom. The molecule has 0 aromatic heterocycles. The Kier molecular flexibility index (Phi) is 3.68. The molecular formula is C6H12NO3S-. The Balaban J connectivity index is 3.99. The van der Waals surface area contributed by atoms with Gasteiger partial charge >= 0.3 is 0 Å². The number of rotatable bonds is 4. The highest BCUT2D eigenvalue weighted by Gasteiger charge is 2.20. The molecule has 1 atom stereocenters. The number of nitrogens with two attached hydrogens (primary N) is 1. The van der Waals surface area contributed by atoms with Crippen LogP contribution in [0.4, 0.5) is 0 Å². The van der Waals surface area contributed by atoms with Crippen LogP contribution >= 0.6 is 0 Å². The van der Waals surface area contributed by atoms with Crippen molar-refractivity contribution >= 4 is 17.0 Å². The number of carbonyl (C=O) groups is 1. The molecule has 0 spiro atoms. The molecule has 5 heteroatoms. The van der Waals surface area contributed by atoms with Crippen molar-refractivity contribution in [3.8, 4) is 0 Å². The summed E-state index contributed by atoms with van der Waals surface area (Å²) in [7, 11) is 0. The van der Waals surface area contributed by atoms with Gasteiger partial charge in [-0.05, 0) is 5.41 Å². The van der Waals surface area contributed by atoms with Gasteiger partial charge in [0, 0.05) is 12.2 Å². The minimum absolute atomic E-state index is 0.0318. The fourth-order valence-corrected chi connectivity index (χ4v) is 1.58. The second kappa shape index (κ2) is 3.82. The number of amides is 1. The summed E-state index contributed by atoms with van der Waals surface area (Å²) in [6, 6.07) is 0. The third kappa shape index (κ3) is 6.00. The number of primary amides is 1. The first-order valence-electron chi connectivity index (χ1n) is 3.18. The molecule has 11 heavy (non-hydrogen) atoms. The highest BCUT2D eigenvalue weighted by atomic mass is 32.2. The van der Waals surface area contributed by atoms with Gasteiger partial charge in [-0.2, -0.15) is 0 Å². The first kappa shape index (κ1) is 10.6. The van der Waals surface area contributed by atoms with Crippen LogP contribution in [0.1, 0.15) is 20.3 Å². The van der Waals surface area contributed by atoms with Crippen molar-refractivity contribution in [2.45, 2.75) is 20.3 Å². The number of carbonyl (C=O) groups excluding carboxylic acids is 1. The summed E-state index contributed by atoms with van der Waals surface area (Å²) in [5, 5.41) is 0. The van der Waals surface area contributed by atoms with Gasteiger partial charge in [0.1, 0.15) is 0 Å². The van der Waals surface area contributed by atoms with Crippen molar-refractivity contribution in [3.05, 3.63) is 0 Å². The molecule has 0 aliphatic rings. The molecule has 0 aromatic carbocycles. The summed E-state index contributed by atoms with van der Waals surface area (Å²) in [4.78, 5) is 10.4. The van der Waals surface area contributed by atoms with E-state index in [1.807, 2.05) is 0 Å². The van der Waals surface area contributed by atoms with Gasteiger partial charge in [-0.15, -0.1) is 0 Å². The molecular weight excluding hydrogens is 166 g/mol. The van der Waals surface area contributed by atoms with Crippen LogP contribution in [0.5, 0.6) is 0 Å². The first-order valence-corrected chi connectivity index (χ1v) is 4.42. The van der Waals surface area contributed by atoms with Gasteiger partial charge in [-0.3, -0.25) is 9.00 Å². The summed E-state index contributed by atoms with van der Waals surface area (Å²) >= 11 is -2.11. The van der Waals surface area contributed by atoms with Gasteiger partial charge in [0.15, 0.2) is 0 Å². The molecule has 0 saturated heterocycles. The minimum atomic E-state index is -2.11. The van der Waals surface area contributed by atoms with Crippen LogP contribution in [0, 0.1) is 5.41 Å². The van der Waals surface area contributed by atoms with E-state index in [1.165, 1.54) is 0 Å². The Bertz CT molecular complexity index is 161. The Morgan fingerprint density at radius 3 is 2.36 bits per heavy atom. The Hall–Kier alpha value is -0.420. The Morgan fingerprint density at radius 1 is 1.64 bits per heavy atom. The lowest BCUT2D eigenvalue weighted by Gasteiger charge is -2.23. The van der Waals surface area contributed by atoms with Crippen LogP contribution < -0.4 is 5.73 Å². The molecule has 0 bridgehead atoms. The second-order valence-electron chi connectivity index (χ2n) is 3.26. The van der Waals surface area contributed by atoms with E-state index >= 15 is 0 Å². The van der Waals surface area contributed by atoms with E-state index in [0.29, 0.717) is 0 Å². The summed E-state index contributed by atoms with van der Waals surface area (Å²) in [6.07, 6.45) is 0.0982. The molecule has 0 aliphatic heterocycles. The van der Waals surface area contributed by atoms with E-state index < -0.39 is 22.4 Å². The fraction of sp³-hybridized carbons (Fsp3) is 0.833. The lowest BCUT2D eigenvalue weighted by molar-refractivity contribution is -0.119. The average molecular weight is 178 g/mol. The number of hydrogen-bond donors (Lipinski definition) is 1. The van der Waals surface area contributed by atoms with Crippen molar-refractivity contribution in [2.75, 3.05) is 5.75 Å². The topological polar surface area (TPSA) is 83.2 Å². The Labute approximate surface area is 68.4 Å². The normalized spacial score (nSPS) is 14.5. The van der Waals surface area contributed by atoms with Crippen LogP contribution in [0.25, 0.3) is 0 Å². The second-order valence-corrected chi connectivity index (χ2v) is 4.15. The molecule has 4 nitrogen and oxygen atoms in total. The van der Waals surface area contributed by atoms with E-state index in [1.54, 1.807) is 13.8 Å². The van der Waals surface area contributed by atoms with E-state index in [2.05, 4.69) is 0 Å². The SMILES string of the molecule is CC(C)(CC(N)=O)CS(=O)[O-]. The van der Waals surface area contributed by atoms with Gasteiger partial charge in [-0.1, -0.05) is 24.9 Å². The third-order valence-corrected chi connectivity index (χ3v) is 2.18. The maximum Gasteiger partial charge on any atom is 0.217 e. The largest absolute Gasteiger partial charge is 0.772 e. The summed E-state index contributed by atoms with van der Waals surface area (Å²) in [5.74, 6) is -0.504. The highest BCUT2D eigenvalue weighted by Crippen LogP contribution is 2.20. The molecule has 66 valence electrons. The van der Waals surface area contributed by atoms with Crippen LogP contribution in [0.15, 0.2) is 0 Å². The maximum atomic E-state index is 10.4. The van der Waals surface area contributed by atoms with E-state index in [0.717, 1.165) is 0 Å². The first-order chi connectivity index (χ1) is 4.83. The van der Waals surface area contributed by atoms with Crippen LogP contribution in [0.3, 0.4) is 0 Å². The van der Waals surface area contributed by atoms with E-state index in [4.69, 9.17) is 5.73 Å². The molecule has 0 heterocycles. The number of hydrogen-bond acceptors (Lipinski definition) is 3. The van der Waals surface area contributed by atoms with E-state index in [9.17, 15) is 13.6 Å². The smallest absolute Gasteiger partial charge is 0.217 e. The zero-order chi connectivity index (χ0) is 9.07. The summed E-state index contributed by atoms with van der Waals surface area (Å²) in [5.41, 5.74) is 4.37. The van der Waals surface area contributed by atoms with Crippen LogP contribution in [0.2, 0.25) is 0 Å². The minimum Gasteiger partial charge on any atom is -0.772 e. The van der Waals surface area contributed by atoms with Crippen molar-refractivity contribution in [3.63, 3.8) is 0 Å². The monoisotopic (exact) mass is 178 g/mol. The summed E-state index contributed by atoms with van der Waals surface area (Å²) < 4.78 is 20.5. The molecule has 0 saturated carbocycles. The predicted molar refractivity (Wildman–Crippen MR) is 41.4 cm³/mol. The van der Waals surface area contributed by atoms with Gasteiger partial charge in [-0.25, -0.2) is 0 Å². The molecule has 2 N–H and O–H groups in total. The fourth-order valence-electron chi connectivity index (χ4n) is 0.842. The molecule has 0 fully saturated rings. The van der Waals surface area contributed by atoms with Gasteiger partial charge < -0.3 is 10.3 Å². The van der Waals surface area contributed by atoms with Crippen LogP contribution in [-0.2, 0) is 15.9 Å². The molecule has 0 aromatic rings. The maximum absolute atomic E-state index is 10.4. The lowest BCUT2D eigenvalue weighted by atomic mass is 9.92. The van der Waals surface area contributed by atoms with Crippen molar-refractivity contribution in [2.24, 2.45) is 11.1 Å². The quantitative estimate of drug-likeness (QED) is 0.603. The van der Waals surface area contributed by atoms with Gasteiger partial charge in [0.05, 0.1) is 0 Å². The highest BCUT2D eigenvalue weighted by molar-refractivity contribution is 7.79. The van der Waals surface area contributed by atoms with Crippen molar-refractivity contribution in [1.82, 2.24) is 0 Å². The molecule has 1 amide bonds. The van der Waals surface area contributed by atoms with Gasteiger partial charge in [0.25, 0.3) is 0 Å². The van der Waals surface area contributed by atoms with Crippen LogP contribution in [-0.4, -0.2) is 20.4 Å². The molecule has 0 rings (SSSR count). The molecule has 1 unspecified atom stereocenters. The van der Waals surface area contributed by atoms with E-state index in [-0.39, 0.29) is 12.2 Å². The third-order valence-electron chi connectivity index (χ3n) is 1.16. The molecule has 0 radical (unpaired) electrons. The zero-order valence-electron chi connectivity index (χ0n) is 6.62. The predicted octanol–water partition coefficient (Wildman–Crippen LogP) is -0.233. The van der Waals surface area contributed by atoms with Crippen molar-refractivity contribution < 1.29 is 13.6 Å². The molecule has 0 aliphatic carbocycles. The summed E-state index contributed by atoms with van der Waals surface area (Å²) in [6.45, 7) is 3.38. The lowest BCUT2D eigenvalue weighted by Crippen LogP contribution is -2.27. The zero-order valence-corrected chi connectivity index (χ0v) is 7.44. The van der Waals surface area contributed by atoms with Crippen molar-refractivity contribution in [1.29, 1.82) is 0 Å².